The van der Waals surface area contributed by atoms with E-state index in [1.165, 1.54) is 0 Å². The lowest BCUT2D eigenvalue weighted by Crippen LogP contribution is -2.48. The van der Waals surface area contributed by atoms with Gasteiger partial charge in [0, 0.05) is 24.7 Å². The van der Waals surface area contributed by atoms with E-state index in [1.54, 1.807) is 0 Å². The highest BCUT2D eigenvalue weighted by Gasteiger charge is 2.49. The number of rotatable bonds is 0. The van der Waals surface area contributed by atoms with Crippen molar-refractivity contribution in [3.8, 4) is 0 Å². The zero-order valence-electron chi connectivity index (χ0n) is 8.11. The summed E-state index contributed by atoms with van der Waals surface area (Å²) in [7, 11) is 0. The van der Waals surface area contributed by atoms with Gasteiger partial charge in [0.1, 0.15) is 11.6 Å². The first kappa shape index (κ1) is 8.39. The summed E-state index contributed by atoms with van der Waals surface area (Å²) in [5, 5.41) is 0. The van der Waals surface area contributed by atoms with Crippen LogP contribution in [0.5, 0.6) is 0 Å². The van der Waals surface area contributed by atoms with Gasteiger partial charge in [-0.05, 0) is 24.7 Å². The molecule has 0 saturated heterocycles. The molecular formula is C12H14O2. The smallest absolute Gasteiger partial charge is 0.137 e. The van der Waals surface area contributed by atoms with Crippen LogP contribution in [0.4, 0.5) is 0 Å². The zero-order valence-corrected chi connectivity index (χ0v) is 8.11. The second-order valence-corrected chi connectivity index (χ2v) is 4.77. The van der Waals surface area contributed by atoms with Gasteiger partial charge in [-0.3, -0.25) is 9.59 Å². The minimum atomic E-state index is 0.0556. The number of allylic oxidation sites excluding steroid dienone is 2. The molecular weight excluding hydrogens is 176 g/mol. The fourth-order valence-electron chi connectivity index (χ4n) is 3.45. The molecule has 0 spiro atoms. The molecule has 0 aromatic carbocycles. The van der Waals surface area contributed by atoms with Crippen molar-refractivity contribution >= 4 is 11.6 Å². The fraction of sp³-hybridized carbons (Fsp3) is 0.667. The highest BCUT2D eigenvalue weighted by molar-refractivity contribution is 5.97. The third-order valence-corrected chi connectivity index (χ3v) is 4.11. The van der Waals surface area contributed by atoms with E-state index in [0.717, 1.165) is 12.8 Å². The van der Waals surface area contributed by atoms with E-state index in [9.17, 15) is 9.59 Å². The lowest BCUT2D eigenvalue weighted by atomic mass is 9.57. The predicted molar refractivity (Wildman–Crippen MR) is 51.6 cm³/mol. The van der Waals surface area contributed by atoms with E-state index in [0.29, 0.717) is 36.2 Å². The monoisotopic (exact) mass is 190 g/mol. The van der Waals surface area contributed by atoms with Crippen LogP contribution >= 0.6 is 0 Å². The van der Waals surface area contributed by atoms with Crippen molar-refractivity contribution in [2.24, 2.45) is 23.7 Å². The van der Waals surface area contributed by atoms with E-state index in [1.807, 2.05) is 0 Å². The molecule has 4 aliphatic rings. The van der Waals surface area contributed by atoms with Gasteiger partial charge in [-0.1, -0.05) is 12.2 Å². The van der Waals surface area contributed by atoms with Gasteiger partial charge in [0.05, 0.1) is 0 Å². The second-order valence-electron chi connectivity index (χ2n) is 4.77. The van der Waals surface area contributed by atoms with Gasteiger partial charge in [0.15, 0.2) is 0 Å². The number of fused-ring (bicyclic) bond motifs is 1. The predicted octanol–water partition coefficient (Wildman–Crippen LogP) is 1.75. The molecule has 0 radical (unpaired) electrons. The minimum Gasteiger partial charge on any atom is -0.299 e. The fourth-order valence-corrected chi connectivity index (χ4v) is 3.45. The van der Waals surface area contributed by atoms with Crippen LogP contribution in [0, 0.1) is 23.7 Å². The van der Waals surface area contributed by atoms with Gasteiger partial charge in [-0.15, -0.1) is 0 Å². The summed E-state index contributed by atoms with van der Waals surface area (Å²) in [5.41, 5.74) is 0. The summed E-state index contributed by atoms with van der Waals surface area (Å²) in [6.07, 6.45) is 7.56. The van der Waals surface area contributed by atoms with Crippen LogP contribution in [0.15, 0.2) is 12.2 Å². The molecule has 2 bridgehead atoms. The topological polar surface area (TPSA) is 34.1 Å². The summed E-state index contributed by atoms with van der Waals surface area (Å²) in [6.45, 7) is 0. The minimum absolute atomic E-state index is 0.0556. The van der Waals surface area contributed by atoms with Crippen LogP contribution in [-0.4, -0.2) is 11.6 Å². The molecule has 0 amide bonds. The van der Waals surface area contributed by atoms with Gasteiger partial charge in [-0.25, -0.2) is 0 Å². The SMILES string of the molecule is O=C1CCC(=O)[C@H]2[C@@H]1[C@@H]1C=C[C@H]2CC1. The number of carbonyl (C=O) groups excluding carboxylic acids is 2. The normalized spacial score (nSPS) is 45.4. The number of Topliss-reactive ketones (excluding diaryl/α,β-unsaturated/α-hetero) is 2. The number of hydrogen-bond acceptors (Lipinski definition) is 2. The molecule has 0 aliphatic heterocycles. The van der Waals surface area contributed by atoms with Gasteiger partial charge < -0.3 is 0 Å². The number of hydrogen-bond donors (Lipinski definition) is 0. The molecule has 4 aliphatic carbocycles. The average molecular weight is 190 g/mol. The average Bonchev–Trinajstić information content (AvgIpc) is 2.25. The van der Waals surface area contributed by atoms with Crippen molar-refractivity contribution in [1.82, 2.24) is 0 Å². The Kier molecular flexibility index (Phi) is 1.67. The van der Waals surface area contributed by atoms with Crippen LogP contribution in [0.25, 0.3) is 0 Å². The molecule has 14 heavy (non-hydrogen) atoms. The summed E-state index contributed by atoms with van der Waals surface area (Å²) >= 11 is 0. The maximum Gasteiger partial charge on any atom is 0.137 e. The lowest BCUT2D eigenvalue weighted by molar-refractivity contribution is -0.143. The maximum atomic E-state index is 11.8. The van der Waals surface area contributed by atoms with Crippen LogP contribution in [0.1, 0.15) is 25.7 Å². The van der Waals surface area contributed by atoms with Gasteiger partial charge >= 0.3 is 0 Å². The van der Waals surface area contributed by atoms with Crippen LogP contribution in [-0.2, 0) is 9.59 Å². The van der Waals surface area contributed by atoms with Gasteiger partial charge in [0.2, 0.25) is 0 Å². The Balaban J connectivity index is 2.02. The molecule has 4 rings (SSSR count). The summed E-state index contributed by atoms with van der Waals surface area (Å²) in [5.74, 6) is 1.55. The van der Waals surface area contributed by atoms with E-state index in [2.05, 4.69) is 12.2 Å². The van der Waals surface area contributed by atoms with Gasteiger partial charge in [-0.2, -0.15) is 0 Å². The highest BCUT2D eigenvalue weighted by Crippen LogP contribution is 2.48. The van der Waals surface area contributed by atoms with E-state index >= 15 is 0 Å². The quantitative estimate of drug-likeness (QED) is 0.545. The Morgan fingerprint density at radius 2 is 1.29 bits per heavy atom. The zero-order chi connectivity index (χ0) is 9.71. The van der Waals surface area contributed by atoms with E-state index < -0.39 is 0 Å². The summed E-state index contributed by atoms with van der Waals surface area (Å²) in [6, 6.07) is 0. The molecule has 4 atom stereocenters. The van der Waals surface area contributed by atoms with E-state index in [-0.39, 0.29) is 11.8 Å². The first-order valence-corrected chi connectivity index (χ1v) is 5.51. The molecule has 2 heteroatoms. The van der Waals surface area contributed by atoms with Crippen molar-refractivity contribution < 1.29 is 9.59 Å². The van der Waals surface area contributed by atoms with Crippen molar-refractivity contribution in [2.75, 3.05) is 0 Å². The Morgan fingerprint density at radius 3 is 1.64 bits per heavy atom. The lowest BCUT2D eigenvalue weighted by Gasteiger charge is -2.45. The summed E-state index contributed by atoms with van der Waals surface area (Å²) in [4.78, 5) is 23.6. The number of carbonyl (C=O) groups is 2. The maximum absolute atomic E-state index is 11.8. The van der Waals surface area contributed by atoms with Crippen molar-refractivity contribution in [2.45, 2.75) is 25.7 Å². The van der Waals surface area contributed by atoms with Crippen molar-refractivity contribution in [1.29, 1.82) is 0 Å². The molecule has 0 aromatic rings. The van der Waals surface area contributed by atoms with Crippen LogP contribution in [0.3, 0.4) is 0 Å². The molecule has 0 unspecified atom stereocenters. The van der Waals surface area contributed by atoms with Crippen molar-refractivity contribution in [3.05, 3.63) is 12.2 Å². The third-order valence-electron chi connectivity index (χ3n) is 4.11. The third kappa shape index (κ3) is 0.969. The Labute approximate surface area is 83.4 Å². The molecule has 74 valence electrons. The van der Waals surface area contributed by atoms with Gasteiger partial charge in [0.25, 0.3) is 0 Å². The second kappa shape index (κ2) is 2.78. The van der Waals surface area contributed by atoms with Crippen LogP contribution < -0.4 is 0 Å². The first-order valence-electron chi connectivity index (χ1n) is 5.51. The molecule has 2 fully saturated rings. The van der Waals surface area contributed by atoms with E-state index in [4.69, 9.17) is 0 Å². The Morgan fingerprint density at radius 1 is 0.857 bits per heavy atom. The van der Waals surface area contributed by atoms with Crippen molar-refractivity contribution in [3.63, 3.8) is 0 Å². The molecule has 2 nitrogen and oxygen atoms in total. The highest BCUT2D eigenvalue weighted by atomic mass is 16.1. The first-order chi connectivity index (χ1) is 6.77. The van der Waals surface area contributed by atoms with Crippen LogP contribution in [0.2, 0.25) is 0 Å². The molecule has 2 saturated carbocycles. The Hall–Kier alpha value is -0.920. The standard InChI is InChI=1S/C12H14O2/c13-9-5-6-10(14)12-8-2-1-7(3-4-8)11(9)12/h1-2,7-8,11-12H,3-6H2/t7-,8+,11-,12+. The molecule has 0 N–H and O–H groups in total. The largest absolute Gasteiger partial charge is 0.299 e. The molecule has 0 heterocycles. The molecule has 0 aromatic heterocycles. The number of ketones is 2. The Bertz CT molecular complexity index is 297. The summed E-state index contributed by atoms with van der Waals surface area (Å²) < 4.78 is 0.